The van der Waals surface area contributed by atoms with Crippen molar-refractivity contribution >= 4 is 29.5 Å². The number of nitriles is 1. The van der Waals surface area contributed by atoms with Crippen LogP contribution in [-0.2, 0) is 31.0 Å². The van der Waals surface area contributed by atoms with E-state index in [2.05, 4.69) is 21.3 Å². The Morgan fingerprint density at radius 1 is 0.918 bits per heavy atom. The van der Waals surface area contributed by atoms with Crippen molar-refractivity contribution in [2.75, 3.05) is 46.4 Å². The number of likely N-dealkylation sites (N-methyl/N-ethyl adjacent to an activating group) is 1. The largest absolute Gasteiger partial charge is 0.492 e. The van der Waals surface area contributed by atoms with Gasteiger partial charge >= 0.3 is 0 Å². The van der Waals surface area contributed by atoms with Crippen LogP contribution in [0.1, 0.15) is 79.2 Å². The molecule has 0 aliphatic carbocycles. The summed E-state index contributed by atoms with van der Waals surface area (Å²) in [5.41, 5.74) is 18.4. The highest BCUT2D eigenvalue weighted by Crippen LogP contribution is 2.40. The van der Waals surface area contributed by atoms with Gasteiger partial charge in [-0.1, -0.05) is 39.0 Å². The summed E-state index contributed by atoms with van der Waals surface area (Å²) in [4.78, 5) is 70.6. The van der Waals surface area contributed by atoms with Crippen LogP contribution in [0.2, 0.25) is 0 Å². The Balaban J connectivity index is 1.88. The van der Waals surface area contributed by atoms with Crippen molar-refractivity contribution in [3.05, 3.63) is 82.4 Å². The van der Waals surface area contributed by atoms with Gasteiger partial charge in [0, 0.05) is 48.8 Å². The zero-order valence-electron chi connectivity index (χ0n) is 35.0. The average Bonchev–Trinajstić information content (AvgIpc) is 3.22. The molecule has 1 aliphatic rings. The fraction of sp³-hybridized carbons (Fsp3) is 0.442. The minimum absolute atomic E-state index is 0.0276. The minimum atomic E-state index is -3.00. The number of carbonyl (C=O) groups is 5. The first-order valence-corrected chi connectivity index (χ1v) is 19.8. The molecule has 0 radical (unpaired) electrons. The van der Waals surface area contributed by atoms with E-state index in [1.54, 1.807) is 42.5 Å². The van der Waals surface area contributed by atoms with E-state index in [4.69, 9.17) is 31.9 Å². The van der Waals surface area contributed by atoms with Crippen molar-refractivity contribution in [3.63, 3.8) is 0 Å². The Hall–Kier alpha value is -6.16. The fourth-order valence-electron chi connectivity index (χ4n) is 6.78. The van der Waals surface area contributed by atoms with Crippen LogP contribution in [0.4, 0.5) is 8.78 Å². The summed E-state index contributed by atoms with van der Waals surface area (Å²) in [5, 5.41) is 19.5. The fourth-order valence-corrected chi connectivity index (χ4v) is 6.78. The van der Waals surface area contributed by atoms with Crippen molar-refractivity contribution in [2.24, 2.45) is 17.2 Å². The Labute approximate surface area is 353 Å². The highest BCUT2D eigenvalue weighted by Gasteiger charge is 2.36. The molecule has 328 valence electrons. The van der Waals surface area contributed by atoms with E-state index in [9.17, 15) is 32.8 Å². The van der Waals surface area contributed by atoms with Crippen molar-refractivity contribution in [1.29, 1.82) is 5.26 Å². The summed E-state index contributed by atoms with van der Waals surface area (Å²) < 4.78 is 40.8. The summed E-state index contributed by atoms with van der Waals surface area (Å²) in [6.45, 7) is 7.06. The Morgan fingerprint density at radius 3 is 2.15 bits per heavy atom. The maximum absolute atomic E-state index is 14.5. The Kier molecular flexibility index (Phi) is 16.7. The van der Waals surface area contributed by atoms with Crippen LogP contribution in [0.5, 0.6) is 11.5 Å². The molecule has 61 heavy (non-hydrogen) atoms. The van der Waals surface area contributed by atoms with Crippen LogP contribution in [0.3, 0.4) is 0 Å². The van der Waals surface area contributed by atoms with Crippen LogP contribution in [0.25, 0.3) is 11.1 Å². The van der Waals surface area contributed by atoms with Gasteiger partial charge in [0.25, 0.3) is 12.3 Å². The van der Waals surface area contributed by atoms with E-state index in [1.807, 2.05) is 26.8 Å². The third-order valence-electron chi connectivity index (χ3n) is 10.0. The molecule has 16 nitrogen and oxygen atoms in total. The van der Waals surface area contributed by atoms with Crippen LogP contribution in [0.15, 0.2) is 54.6 Å². The van der Waals surface area contributed by atoms with Crippen molar-refractivity contribution in [1.82, 2.24) is 26.2 Å². The molecule has 10 N–H and O–H groups in total. The van der Waals surface area contributed by atoms with Gasteiger partial charge in [0.15, 0.2) is 0 Å². The number of ether oxygens (including phenoxy) is 2. The lowest BCUT2D eigenvalue weighted by atomic mass is 9.85. The summed E-state index contributed by atoms with van der Waals surface area (Å²) in [6, 6.07) is 10.5. The number of benzene rings is 3. The summed E-state index contributed by atoms with van der Waals surface area (Å²) in [6.07, 6.45) is -3.16. The SMILES string of the molecule is C[C@@H]1NC(=O)[C@@H](N(C)C(=O)[C@H](CCN)NC(=O)c2ccc(C(C)(C)C)cc2C(F)F)c2ccc(OCCN)c(c2)-c2cc(ccc2OCCN)C[C@@H](C(=O)NCC#N)NC1=O. The smallest absolute Gasteiger partial charge is 0.264 e. The first-order valence-electron chi connectivity index (χ1n) is 19.8. The molecule has 1 aliphatic heterocycles. The first kappa shape index (κ1) is 47.5. The maximum Gasteiger partial charge on any atom is 0.264 e. The number of nitrogens with one attached hydrogen (secondary N) is 4. The predicted molar refractivity (Wildman–Crippen MR) is 223 cm³/mol. The van der Waals surface area contributed by atoms with Gasteiger partial charge < -0.3 is 52.8 Å². The van der Waals surface area contributed by atoms with Crippen LogP contribution >= 0.6 is 0 Å². The van der Waals surface area contributed by atoms with Gasteiger partial charge in [-0.3, -0.25) is 24.0 Å². The quantitative estimate of drug-likeness (QED) is 0.109. The molecule has 3 aromatic rings. The summed E-state index contributed by atoms with van der Waals surface area (Å²) in [7, 11) is 1.32. The molecule has 0 fully saturated rings. The van der Waals surface area contributed by atoms with Crippen LogP contribution < -0.4 is 47.9 Å². The number of nitrogens with two attached hydrogens (primary N) is 3. The number of fused-ring (bicyclic) bond motifs is 5. The lowest BCUT2D eigenvalue weighted by molar-refractivity contribution is -0.141. The zero-order valence-corrected chi connectivity index (χ0v) is 35.0. The lowest BCUT2D eigenvalue weighted by Gasteiger charge is -2.32. The average molecular weight is 848 g/mol. The molecule has 18 heteroatoms. The van der Waals surface area contributed by atoms with E-state index in [0.29, 0.717) is 33.8 Å². The molecule has 0 spiro atoms. The second-order valence-electron chi connectivity index (χ2n) is 15.5. The molecule has 5 amide bonds. The molecular weight excluding hydrogens is 793 g/mol. The second-order valence-corrected chi connectivity index (χ2v) is 15.5. The van der Waals surface area contributed by atoms with Gasteiger partial charge in [0.2, 0.25) is 23.6 Å². The molecule has 0 saturated carbocycles. The Morgan fingerprint density at radius 2 is 1.56 bits per heavy atom. The topological polar surface area (TPSA) is 257 Å². The van der Waals surface area contributed by atoms with E-state index in [1.165, 1.54) is 26.1 Å². The second kappa shape index (κ2) is 21.4. The van der Waals surface area contributed by atoms with Gasteiger partial charge in [-0.25, -0.2) is 8.78 Å². The molecule has 3 aromatic carbocycles. The third-order valence-corrected chi connectivity index (χ3v) is 10.0. The third kappa shape index (κ3) is 12.0. The van der Waals surface area contributed by atoms with Crippen molar-refractivity contribution in [3.8, 4) is 28.7 Å². The normalized spacial score (nSPS) is 17.2. The van der Waals surface area contributed by atoms with E-state index in [-0.39, 0.29) is 63.4 Å². The number of halogens is 2. The summed E-state index contributed by atoms with van der Waals surface area (Å²) >= 11 is 0. The standard InChI is InChI=1S/C43H55F2N9O7/c1-24-38(55)53-33(40(57)50-17-14-47)21-25-6-10-34(60-18-15-48)29(20-25)30-22-26(7-11-35(30)61-19-16-49)36(41(58)51-24)54(5)42(59)32(12-13-46)52-39(56)28-9-8-27(43(2,3)4)23-31(28)37(44)45/h6-11,20,22-24,32-33,36-37H,12-13,15-19,21,46,48-49H2,1-5H3,(H,50,57)(H,51,58)(H,52,56)(H,53,55)/t24-,32-,33-,36-/m0/s1. The highest BCUT2D eigenvalue weighted by atomic mass is 19.3. The number of rotatable bonds is 15. The molecule has 0 saturated heterocycles. The van der Waals surface area contributed by atoms with E-state index < -0.39 is 71.1 Å². The molecule has 1 heterocycles. The number of amides is 5. The van der Waals surface area contributed by atoms with Crippen molar-refractivity contribution < 1.29 is 42.2 Å². The van der Waals surface area contributed by atoms with Crippen molar-refractivity contribution in [2.45, 2.75) is 76.5 Å². The number of hydrogen-bond acceptors (Lipinski definition) is 11. The van der Waals surface area contributed by atoms with E-state index >= 15 is 0 Å². The predicted octanol–water partition coefficient (Wildman–Crippen LogP) is 2.10. The molecule has 4 bridgehead atoms. The molecular formula is C43H55F2N9O7. The number of carbonyl (C=O) groups excluding carboxylic acids is 5. The van der Waals surface area contributed by atoms with Gasteiger partial charge in [-0.15, -0.1) is 0 Å². The number of nitrogens with zero attached hydrogens (tertiary/aromatic N) is 2. The Bertz CT molecular complexity index is 2120. The molecule has 0 unspecified atom stereocenters. The minimum Gasteiger partial charge on any atom is -0.492 e. The molecule has 4 rings (SSSR count). The lowest BCUT2D eigenvalue weighted by Crippen LogP contribution is -2.56. The van der Waals surface area contributed by atoms with E-state index in [0.717, 1.165) is 4.90 Å². The van der Waals surface area contributed by atoms with Gasteiger partial charge in [0.05, 0.1) is 6.07 Å². The highest BCUT2D eigenvalue weighted by molar-refractivity contribution is 6.00. The molecule has 0 aromatic heterocycles. The van der Waals surface area contributed by atoms with Gasteiger partial charge in [0.1, 0.15) is 55.4 Å². The van der Waals surface area contributed by atoms with Crippen LogP contribution in [0, 0.1) is 11.3 Å². The van der Waals surface area contributed by atoms with Gasteiger partial charge in [-0.2, -0.15) is 5.26 Å². The first-order chi connectivity index (χ1) is 28.9. The monoisotopic (exact) mass is 847 g/mol. The molecule has 4 atom stereocenters. The number of hydrogen-bond donors (Lipinski definition) is 7. The number of alkyl halides is 2. The zero-order chi connectivity index (χ0) is 45.0. The van der Waals surface area contributed by atoms with Crippen LogP contribution in [-0.4, -0.2) is 99.0 Å². The summed E-state index contributed by atoms with van der Waals surface area (Å²) in [5.74, 6) is -3.28. The maximum atomic E-state index is 14.5. The van der Waals surface area contributed by atoms with Gasteiger partial charge in [-0.05, 0) is 78.4 Å².